The molecule has 0 bridgehead atoms. The van der Waals surface area contributed by atoms with Gasteiger partial charge in [-0.2, -0.15) is 0 Å². The Labute approximate surface area is 137 Å². The van der Waals surface area contributed by atoms with Gasteiger partial charge in [-0.25, -0.2) is 12.8 Å². The van der Waals surface area contributed by atoms with Crippen LogP contribution in [0, 0.1) is 5.82 Å². The summed E-state index contributed by atoms with van der Waals surface area (Å²) in [5.41, 5.74) is 0.942. The zero-order chi connectivity index (χ0) is 17.0. The van der Waals surface area contributed by atoms with Crippen molar-refractivity contribution in [1.82, 2.24) is 4.90 Å². The van der Waals surface area contributed by atoms with E-state index in [1.54, 1.807) is 17.0 Å². The number of amides is 1. The topological polar surface area (TPSA) is 54.5 Å². The first kappa shape index (κ1) is 17.9. The third-order valence-corrected chi connectivity index (χ3v) is 6.32. The lowest BCUT2D eigenvalue weighted by atomic mass is 9.92. The summed E-state index contributed by atoms with van der Waals surface area (Å²) in [6.45, 7) is 4.39. The van der Waals surface area contributed by atoms with E-state index in [0.717, 1.165) is 12.0 Å². The molecule has 23 heavy (non-hydrogen) atoms. The monoisotopic (exact) mass is 341 g/mol. The number of rotatable bonds is 6. The molecule has 0 aliphatic carbocycles. The van der Waals surface area contributed by atoms with Crippen molar-refractivity contribution in [2.24, 2.45) is 0 Å². The first-order valence-electron chi connectivity index (χ1n) is 8.11. The van der Waals surface area contributed by atoms with Crippen LogP contribution in [-0.2, 0) is 14.6 Å². The number of hydrogen-bond donors (Lipinski definition) is 0. The van der Waals surface area contributed by atoms with Crippen molar-refractivity contribution in [3.63, 3.8) is 0 Å². The summed E-state index contributed by atoms with van der Waals surface area (Å²) in [5.74, 6) is -0.0569. The van der Waals surface area contributed by atoms with E-state index in [1.807, 2.05) is 13.8 Å². The molecule has 0 spiro atoms. The van der Waals surface area contributed by atoms with Crippen LogP contribution < -0.4 is 0 Å². The fourth-order valence-corrected chi connectivity index (χ4v) is 4.95. The quantitative estimate of drug-likeness (QED) is 0.799. The lowest BCUT2D eigenvalue weighted by molar-refractivity contribution is -0.133. The molecule has 0 radical (unpaired) electrons. The summed E-state index contributed by atoms with van der Waals surface area (Å²) in [6.07, 6.45) is 1.62. The fourth-order valence-electron chi connectivity index (χ4n) is 3.22. The lowest BCUT2D eigenvalue weighted by Gasteiger charge is -2.28. The van der Waals surface area contributed by atoms with Gasteiger partial charge in [0.2, 0.25) is 5.91 Å². The SMILES string of the molecule is CCC(CC(=O)N(CC)C1CCS(=O)(=O)C1)c1ccc(F)cc1. The minimum Gasteiger partial charge on any atom is -0.339 e. The van der Waals surface area contributed by atoms with E-state index in [4.69, 9.17) is 0 Å². The standard InChI is InChI=1S/C17H24FNO3S/c1-3-13(14-5-7-15(18)8-6-14)11-17(20)19(4-2)16-9-10-23(21,22)12-16/h5-8,13,16H,3-4,9-12H2,1-2H3. The largest absolute Gasteiger partial charge is 0.339 e. The Morgan fingerprint density at radius 2 is 1.96 bits per heavy atom. The smallest absolute Gasteiger partial charge is 0.223 e. The summed E-state index contributed by atoms with van der Waals surface area (Å²) in [6, 6.07) is 6.04. The third kappa shape index (κ3) is 4.53. The number of hydrogen-bond acceptors (Lipinski definition) is 3. The molecule has 128 valence electrons. The highest BCUT2D eigenvalue weighted by Gasteiger charge is 2.34. The molecule has 1 aliphatic heterocycles. The Hall–Kier alpha value is -1.43. The molecular formula is C17H24FNO3S. The molecule has 2 unspecified atom stereocenters. The number of sulfone groups is 1. The van der Waals surface area contributed by atoms with Crippen molar-refractivity contribution < 1.29 is 17.6 Å². The molecular weight excluding hydrogens is 317 g/mol. The molecule has 1 aromatic carbocycles. The molecule has 0 saturated carbocycles. The minimum absolute atomic E-state index is 0.0224. The van der Waals surface area contributed by atoms with E-state index in [2.05, 4.69) is 0 Å². The molecule has 0 aromatic heterocycles. The van der Waals surface area contributed by atoms with Crippen LogP contribution in [0.4, 0.5) is 4.39 Å². The van der Waals surface area contributed by atoms with Crippen LogP contribution in [0.2, 0.25) is 0 Å². The Bertz CT molecular complexity index is 642. The van der Waals surface area contributed by atoms with Crippen molar-refractivity contribution in [3.8, 4) is 0 Å². The summed E-state index contributed by atoms with van der Waals surface area (Å²) in [4.78, 5) is 14.3. The van der Waals surface area contributed by atoms with Crippen LogP contribution in [0.3, 0.4) is 0 Å². The predicted octanol–water partition coefficient (Wildman–Crippen LogP) is 2.75. The van der Waals surface area contributed by atoms with Gasteiger partial charge >= 0.3 is 0 Å². The highest BCUT2D eigenvalue weighted by atomic mass is 32.2. The van der Waals surface area contributed by atoms with E-state index >= 15 is 0 Å². The van der Waals surface area contributed by atoms with Crippen LogP contribution in [0.15, 0.2) is 24.3 Å². The van der Waals surface area contributed by atoms with Crippen LogP contribution in [0.5, 0.6) is 0 Å². The van der Waals surface area contributed by atoms with Gasteiger partial charge in [0.05, 0.1) is 11.5 Å². The van der Waals surface area contributed by atoms with E-state index in [0.29, 0.717) is 19.4 Å². The molecule has 1 heterocycles. The van der Waals surface area contributed by atoms with Crippen LogP contribution in [-0.4, -0.2) is 43.3 Å². The van der Waals surface area contributed by atoms with Gasteiger partial charge < -0.3 is 4.90 Å². The van der Waals surface area contributed by atoms with Crippen molar-refractivity contribution in [1.29, 1.82) is 0 Å². The Balaban J connectivity index is 2.07. The van der Waals surface area contributed by atoms with Gasteiger partial charge in [0.1, 0.15) is 5.82 Å². The molecule has 0 N–H and O–H groups in total. The van der Waals surface area contributed by atoms with Gasteiger partial charge in [0.15, 0.2) is 9.84 Å². The number of halogens is 1. The van der Waals surface area contributed by atoms with E-state index in [-0.39, 0.29) is 35.2 Å². The molecule has 2 rings (SSSR count). The second-order valence-electron chi connectivity index (χ2n) is 6.10. The third-order valence-electron chi connectivity index (χ3n) is 4.57. The second-order valence-corrected chi connectivity index (χ2v) is 8.33. The normalized spacial score (nSPS) is 21.1. The van der Waals surface area contributed by atoms with E-state index < -0.39 is 9.84 Å². The van der Waals surface area contributed by atoms with Crippen molar-refractivity contribution in [3.05, 3.63) is 35.6 Å². The fraction of sp³-hybridized carbons (Fsp3) is 0.588. The highest BCUT2D eigenvalue weighted by molar-refractivity contribution is 7.91. The maximum absolute atomic E-state index is 13.0. The first-order valence-corrected chi connectivity index (χ1v) is 9.93. The maximum Gasteiger partial charge on any atom is 0.223 e. The molecule has 1 aliphatic rings. The van der Waals surface area contributed by atoms with E-state index in [9.17, 15) is 17.6 Å². The molecule has 1 amide bonds. The summed E-state index contributed by atoms with van der Waals surface area (Å²) < 4.78 is 36.3. The number of carbonyl (C=O) groups excluding carboxylic acids is 1. The highest BCUT2D eigenvalue weighted by Crippen LogP contribution is 2.26. The summed E-state index contributed by atoms with van der Waals surface area (Å²) in [7, 11) is -3.01. The Morgan fingerprint density at radius 3 is 2.43 bits per heavy atom. The zero-order valence-electron chi connectivity index (χ0n) is 13.7. The Morgan fingerprint density at radius 1 is 1.30 bits per heavy atom. The molecule has 4 nitrogen and oxygen atoms in total. The maximum atomic E-state index is 13.0. The van der Waals surface area contributed by atoms with Gasteiger partial charge in [0, 0.05) is 19.0 Å². The molecule has 2 atom stereocenters. The molecule has 1 saturated heterocycles. The summed E-state index contributed by atoms with van der Waals surface area (Å²) >= 11 is 0. The number of nitrogens with zero attached hydrogens (tertiary/aromatic N) is 1. The lowest BCUT2D eigenvalue weighted by Crippen LogP contribution is -2.41. The van der Waals surface area contributed by atoms with Crippen molar-refractivity contribution in [2.75, 3.05) is 18.1 Å². The first-order chi connectivity index (χ1) is 10.9. The summed E-state index contributed by atoms with van der Waals surface area (Å²) in [5, 5.41) is 0. The second kappa shape index (κ2) is 7.43. The zero-order valence-corrected chi connectivity index (χ0v) is 14.5. The van der Waals surface area contributed by atoms with Gasteiger partial charge in [-0.3, -0.25) is 4.79 Å². The average Bonchev–Trinajstić information content (AvgIpc) is 2.86. The number of benzene rings is 1. The van der Waals surface area contributed by atoms with Crippen molar-refractivity contribution >= 4 is 15.7 Å². The van der Waals surface area contributed by atoms with Crippen LogP contribution in [0.25, 0.3) is 0 Å². The van der Waals surface area contributed by atoms with E-state index in [1.165, 1.54) is 12.1 Å². The average molecular weight is 341 g/mol. The van der Waals surface area contributed by atoms with Gasteiger partial charge in [-0.05, 0) is 43.4 Å². The van der Waals surface area contributed by atoms with Crippen LogP contribution in [0.1, 0.15) is 44.6 Å². The molecule has 1 aromatic rings. The predicted molar refractivity (Wildman–Crippen MR) is 88.5 cm³/mol. The number of carbonyl (C=O) groups is 1. The molecule has 1 fully saturated rings. The van der Waals surface area contributed by atoms with Crippen molar-refractivity contribution in [2.45, 2.75) is 45.1 Å². The Kier molecular flexibility index (Phi) is 5.79. The molecule has 6 heteroatoms. The van der Waals surface area contributed by atoms with Crippen LogP contribution >= 0.6 is 0 Å². The minimum atomic E-state index is -3.01. The van der Waals surface area contributed by atoms with Gasteiger partial charge in [0.25, 0.3) is 0 Å². The van der Waals surface area contributed by atoms with Gasteiger partial charge in [-0.1, -0.05) is 19.1 Å². The van der Waals surface area contributed by atoms with Gasteiger partial charge in [-0.15, -0.1) is 0 Å².